The van der Waals surface area contributed by atoms with Crippen molar-refractivity contribution < 1.29 is 13.7 Å². The number of ether oxygens (including phenoxy) is 2. The molecular weight excluding hydrogens is 514 g/mol. The van der Waals surface area contributed by atoms with Crippen molar-refractivity contribution in [3.63, 3.8) is 0 Å². The van der Waals surface area contributed by atoms with E-state index in [1.54, 1.807) is 7.11 Å². The van der Waals surface area contributed by atoms with Crippen LogP contribution in [0.2, 0.25) is 0 Å². The van der Waals surface area contributed by atoms with Gasteiger partial charge in [-0.2, -0.15) is 0 Å². The first kappa shape index (κ1) is 24.6. The molecule has 180 valence electrons. The topological polar surface area (TPSA) is 54.0 Å². The van der Waals surface area contributed by atoms with E-state index < -0.39 is 11.0 Å². The molecule has 1 atom stereocenters. The highest BCUT2D eigenvalue weighted by Crippen LogP contribution is 2.29. The van der Waals surface area contributed by atoms with E-state index in [4.69, 9.17) is 9.47 Å². The minimum atomic E-state index is -1.43. The second kappa shape index (κ2) is 11.7. The first-order valence-electron chi connectivity index (χ1n) is 11.4. The third kappa shape index (κ3) is 6.11. The predicted molar refractivity (Wildman–Crippen MR) is 142 cm³/mol. The molecule has 1 N–H and O–H groups in total. The number of benzene rings is 3. The van der Waals surface area contributed by atoms with Crippen molar-refractivity contribution in [2.75, 3.05) is 49.5 Å². The predicted octanol–water partition coefficient (Wildman–Crippen LogP) is 5.31. The lowest BCUT2D eigenvalue weighted by Gasteiger charge is -2.36. The fraction of sp³-hybridized carbons (Fsp3) is 0.308. The maximum absolute atomic E-state index is 12.9. The highest BCUT2D eigenvalue weighted by Gasteiger charge is 2.19. The van der Waals surface area contributed by atoms with E-state index >= 15 is 0 Å². The zero-order chi connectivity index (χ0) is 23.9. The van der Waals surface area contributed by atoms with Crippen LogP contribution < -0.4 is 19.1 Å². The van der Waals surface area contributed by atoms with Crippen LogP contribution in [0.3, 0.4) is 0 Å². The minimum absolute atomic E-state index is 0.522. The number of halogens is 1. The zero-order valence-electron chi connectivity index (χ0n) is 19.5. The Bertz CT molecular complexity index is 1120. The molecule has 3 aromatic carbocycles. The van der Waals surface area contributed by atoms with Gasteiger partial charge in [-0.15, -0.1) is 0 Å². The molecule has 0 aliphatic carbocycles. The first-order valence-corrected chi connectivity index (χ1v) is 13.3. The normalized spacial score (nSPS) is 15.1. The summed E-state index contributed by atoms with van der Waals surface area (Å²) in [6, 6.07) is 21.9. The molecule has 0 radical (unpaired) electrons. The van der Waals surface area contributed by atoms with Gasteiger partial charge in [0.25, 0.3) is 0 Å². The van der Waals surface area contributed by atoms with Crippen LogP contribution in [0.5, 0.6) is 11.5 Å². The Morgan fingerprint density at radius 2 is 1.71 bits per heavy atom. The maximum atomic E-state index is 12.9. The Hall–Kier alpha value is -2.55. The van der Waals surface area contributed by atoms with Gasteiger partial charge in [-0.1, -0.05) is 40.2 Å². The molecule has 1 fully saturated rings. The van der Waals surface area contributed by atoms with Crippen molar-refractivity contribution in [2.45, 2.75) is 18.4 Å². The molecule has 34 heavy (non-hydrogen) atoms. The van der Waals surface area contributed by atoms with E-state index in [1.807, 2.05) is 49.4 Å². The van der Waals surface area contributed by atoms with Gasteiger partial charge in [-0.3, -0.25) is 4.90 Å². The molecule has 8 heteroatoms. The molecule has 3 aromatic rings. The highest BCUT2D eigenvalue weighted by molar-refractivity contribution is 9.10. The van der Waals surface area contributed by atoms with Crippen molar-refractivity contribution >= 4 is 38.3 Å². The maximum Gasteiger partial charge on any atom is 0.154 e. The summed E-state index contributed by atoms with van der Waals surface area (Å²) in [6.45, 7) is 7.24. The Balaban J connectivity index is 1.32. The molecule has 1 heterocycles. The number of para-hydroxylation sites is 2. The monoisotopic (exact) mass is 543 g/mol. The summed E-state index contributed by atoms with van der Waals surface area (Å²) in [5.41, 5.74) is 3.20. The quantitative estimate of drug-likeness (QED) is 0.396. The summed E-state index contributed by atoms with van der Waals surface area (Å²) in [5.74, 6) is 1.55. The number of nitrogens with zero attached hydrogens (tertiary/aromatic N) is 2. The summed E-state index contributed by atoms with van der Waals surface area (Å²) in [4.78, 5) is 5.46. The van der Waals surface area contributed by atoms with Gasteiger partial charge in [0.2, 0.25) is 0 Å². The lowest BCUT2D eigenvalue weighted by atomic mass is 10.1. The lowest BCUT2D eigenvalue weighted by molar-refractivity contribution is 0.249. The summed E-state index contributed by atoms with van der Waals surface area (Å²) >= 11 is 3.45. The van der Waals surface area contributed by atoms with Crippen LogP contribution in [0, 0.1) is 0 Å². The number of rotatable bonds is 9. The minimum Gasteiger partial charge on any atom is -0.495 e. The SMILES string of the molecule is CCOc1ccc(Br)cc1S(=O)Nc1ccc(CN2CCN(c3ccccc3OC)CC2)cc1. The van der Waals surface area contributed by atoms with Crippen molar-refractivity contribution in [3.05, 3.63) is 76.8 Å². The van der Waals surface area contributed by atoms with Gasteiger partial charge in [0.1, 0.15) is 16.4 Å². The molecule has 0 amide bonds. The van der Waals surface area contributed by atoms with E-state index in [-0.39, 0.29) is 0 Å². The van der Waals surface area contributed by atoms with Crippen molar-refractivity contribution in [1.82, 2.24) is 4.90 Å². The molecule has 6 nitrogen and oxygen atoms in total. The van der Waals surface area contributed by atoms with Gasteiger partial charge < -0.3 is 19.1 Å². The number of piperazine rings is 1. The van der Waals surface area contributed by atoms with Crippen LogP contribution in [0.15, 0.2) is 76.1 Å². The summed E-state index contributed by atoms with van der Waals surface area (Å²) in [7, 11) is 0.295. The summed E-state index contributed by atoms with van der Waals surface area (Å²) < 4.78 is 28.0. The van der Waals surface area contributed by atoms with Gasteiger partial charge in [0, 0.05) is 42.9 Å². The molecule has 0 bridgehead atoms. The van der Waals surface area contributed by atoms with Gasteiger partial charge in [-0.05, 0) is 55.0 Å². The van der Waals surface area contributed by atoms with E-state index in [0.717, 1.165) is 54.3 Å². The van der Waals surface area contributed by atoms with Crippen molar-refractivity contribution in [1.29, 1.82) is 0 Å². The second-order valence-corrected chi connectivity index (χ2v) is 10.1. The largest absolute Gasteiger partial charge is 0.495 e. The van der Waals surface area contributed by atoms with Crippen LogP contribution >= 0.6 is 15.9 Å². The third-order valence-corrected chi connectivity index (χ3v) is 7.41. The Labute approximate surface area is 212 Å². The van der Waals surface area contributed by atoms with Gasteiger partial charge in [0.15, 0.2) is 11.0 Å². The average Bonchev–Trinajstić information content (AvgIpc) is 2.87. The number of methoxy groups -OCH3 is 1. The Kier molecular flexibility index (Phi) is 8.48. The molecular formula is C26H30BrN3O3S. The molecule has 1 aliphatic heterocycles. The fourth-order valence-electron chi connectivity index (χ4n) is 4.04. The van der Waals surface area contributed by atoms with Crippen LogP contribution in [-0.4, -0.2) is 49.0 Å². The third-order valence-electron chi connectivity index (χ3n) is 5.77. The molecule has 1 saturated heterocycles. The Morgan fingerprint density at radius 1 is 0.971 bits per heavy atom. The number of hydrogen-bond donors (Lipinski definition) is 1. The van der Waals surface area contributed by atoms with Gasteiger partial charge in [0.05, 0.1) is 19.4 Å². The van der Waals surface area contributed by atoms with Crippen LogP contribution in [-0.2, 0) is 17.5 Å². The number of hydrogen-bond acceptors (Lipinski definition) is 5. The van der Waals surface area contributed by atoms with Crippen LogP contribution in [0.4, 0.5) is 11.4 Å². The van der Waals surface area contributed by atoms with E-state index in [2.05, 4.69) is 54.7 Å². The average molecular weight is 545 g/mol. The van der Waals surface area contributed by atoms with Crippen LogP contribution in [0.1, 0.15) is 12.5 Å². The summed E-state index contributed by atoms with van der Waals surface area (Å²) in [6.07, 6.45) is 0. The summed E-state index contributed by atoms with van der Waals surface area (Å²) in [5, 5.41) is 0. The molecule has 1 aliphatic rings. The fourth-order valence-corrected chi connectivity index (χ4v) is 5.55. The van der Waals surface area contributed by atoms with E-state index in [0.29, 0.717) is 17.3 Å². The molecule has 4 rings (SSSR count). The van der Waals surface area contributed by atoms with Gasteiger partial charge in [-0.25, -0.2) is 4.21 Å². The van der Waals surface area contributed by atoms with Crippen LogP contribution in [0.25, 0.3) is 0 Å². The number of anilines is 2. The van der Waals surface area contributed by atoms with Gasteiger partial charge >= 0.3 is 0 Å². The standard InChI is InChI=1S/C26H30BrN3O3S/c1-3-33-25-13-10-21(27)18-26(25)34(31)28-22-11-8-20(9-12-22)19-29-14-16-30(17-15-29)23-6-4-5-7-24(23)32-2/h4-13,18,28H,3,14-17,19H2,1-2H3. The second-order valence-electron chi connectivity index (χ2n) is 8.03. The number of nitrogens with one attached hydrogen (secondary N) is 1. The highest BCUT2D eigenvalue weighted by atomic mass is 79.9. The molecule has 0 spiro atoms. The van der Waals surface area contributed by atoms with Crippen molar-refractivity contribution in [2.24, 2.45) is 0 Å². The van der Waals surface area contributed by atoms with E-state index in [1.165, 1.54) is 5.56 Å². The lowest BCUT2D eigenvalue weighted by Crippen LogP contribution is -2.46. The molecule has 0 saturated carbocycles. The first-order chi connectivity index (χ1) is 16.6. The molecule has 1 unspecified atom stereocenters. The van der Waals surface area contributed by atoms with Crippen molar-refractivity contribution in [3.8, 4) is 11.5 Å². The van der Waals surface area contributed by atoms with E-state index in [9.17, 15) is 4.21 Å². The Morgan fingerprint density at radius 3 is 2.41 bits per heavy atom. The molecule has 0 aromatic heterocycles. The smallest absolute Gasteiger partial charge is 0.154 e. The zero-order valence-corrected chi connectivity index (χ0v) is 21.9.